The summed E-state index contributed by atoms with van der Waals surface area (Å²) in [5, 5.41) is 16.4. The Balaban J connectivity index is 1.83. The second kappa shape index (κ2) is 4.69. The number of nitrogens with two attached hydrogens (primary N) is 1. The molecule has 2 saturated heterocycles. The van der Waals surface area contributed by atoms with Gasteiger partial charge in [-0.1, -0.05) is 0 Å². The number of rotatable bonds is 5. The highest BCUT2D eigenvalue weighted by atomic mass is 16.4. The van der Waals surface area contributed by atoms with Crippen molar-refractivity contribution in [3.8, 4) is 0 Å². The van der Waals surface area contributed by atoms with Gasteiger partial charge < -0.3 is 31.7 Å². The van der Waals surface area contributed by atoms with E-state index in [0.29, 0.717) is 13.0 Å². The number of carboxylic acid groups (broad SMARTS) is 1. The van der Waals surface area contributed by atoms with Gasteiger partial charge in [0.15, 0.2) is 0 Å². The largest absolute Gasteiger partial charge is 0.480 e. The van der Waals surface area contributed by atoms with Crippen LogP contribution in [0.1, 0.15) is 12.8 Å². The minimum Gasteiger partial charge on any atom is -0.480 e. The summed E-state index contributed by atoms with van der Waals surface area (Å²) in [7, 11) is 0. The molecule has 6 N–H and O–H groups in total. The Hall–Kier alpha value is -2.03. The quantitative estimate of drug-likeness (QED) is 0.394. The second-order valence-corrected chi connectivity index (χ2v) is 4.27. The summed E-state index contributed by atoms with van der Waals surface area (Å²) in [6, 6.07) is -1.55. The molecule has 2 aliphatic heterocycles. The van der Waals surface area contributed by atoms with Gasteiger partial charge in [0.1, 0.15) is 18.4 Å². The molecule has 3 unspecified atom stereocenters. The average Bonchev–Trinajstić information content (AvgIpc) is 2.76. The SMILES string of the molecule is NC(CCCN1C(=O)NC2NC(=O)NC21)C(=O)O. The Morgan fingerprint density at radius 3 is 2.78 bits per heavy atom. The van der Waals surface area contributed by atoms with Crippen LogP contribution in [-0.2, 0) is 4.79 Å². The Morgan fingerprint density at radius 2 is 2.11 bits per heavy atom. The minimum absolute atomic E-state index is 0.276. The summed E-state index contributed by atoms with van der Waals surface area (Å²) < 4.78 is 0. The number of fused-ring (bicyclic) bond motifs is 1. The van der Waals surface area contributed by atoms with Crippen molar-refractivity contribution >= 4 is 18.0 Å². The first-order valence-electron chi connectivity index (χ1n) is 5.61. The summed E-state index contributed by atoms with van der Waals surface area (Å²) >= 11 is 0. The van der Waals surface area contributed by atoms with Crippen molar-refractivity contribution < 1.29 is 19.5 Å². The first kappa shape index (κ1) is 12.4. The zero-order valence-corrected chi connectivity index (χ0v) is 9.55. The molecule has 18 heavy (non-hydrogen) atoms. The average molecular weight is 257 g/mol. The Morgan fingerprint density at radius 1 is 1.39 bits per heavy atom. The molecule has 0 aromatic heterocycles. The molecule has 0 saturated carbocycles. The molecule has 0 radical (unpaired) electrons. The maximum Gasteiger partial charge on any atom is 0.320 e. The van der Waals surface area contributed by atoms with Crippen LogP contribution in [0.25, 0.3) is 0 Å². The molecule has 2 rings (SSSR count). The highest BCUT2D eigenvalue weighted by Gasteiger charge is 2.44. The first-order chi connectivity index (χ1) is 8.49. The summed E-state index contributed by atoms with van der Waals surface area (Å²) in [6.45, 7) is 0.343. The number of aliphatic carboxylic acids is 1. The molecular formula is C9H15N5O4. The Bertz CT molecular complexity index is 387. The number of hydrogen-bond acceptors (Lipinski definition) is 4. The van der Waals surface area contributed by atoms with Gasteiger partial charge in [-0.25, -0.2) is 9.59 Å². The van der Waals surface area contributed by atoms with E-state index in [1.54, 1.807) is 0 Å². The van der Waals surface area contributed by atoms with Gasteiger partial charge in [-0.05, 0) is 12.8 Å². The van der Waals surface area contributed by atoms with Crippen molar-refractivity contribution in [2.75, 3.05) is 6.54 Å². The van der Waals surface area contributed by atoms with E-state index < -0.39 is 24.3 Å². The van der Waals surface area contributed by atoms with Crippen LogP contribution in [-0.4, -0.2) is 53.0 Å². The standard InChI is InChI=1S/C9H15N5O4/c10-4(7(15)16)2-1-3-14-6-5(12-9(14)18)11-8(17)13-6/h4-6H,1-3,10H2,(H,12,18)(H,15,16)(H2,11,13,17). The normalized spacial score (nSPS) is 27.3. The van der Waals surface area contributed by atoms with Crippen LogP contribution in [0.4, 0.5) is 9.59 Å². The number of urea groups is 2. The highest BCUT2D eigenvalue weighted by Crippen LogP contribution is 2.14. The number of hydrogen-bond donors (Lipinski definition) is 5. The molecule has 2 heterocycles. The van der Waals surface area contributed by atoms with E-state index in [2.05, 4.69) is 16.0 Å². The Kier molecular flexibility index (Phi) is 3.24. The molecule has 0 bridgehead atoms. The van der Waals surface area contributed by atoms with E-state index in [4.69, 9.17) is 10.8 Å². The van der Waals surface area contributed by atoms with Crippen molar-refractivity contribution in [1.29, 1.82) is 0 Å². The van der Waals surface area contributed by atoms with Gasteiger partial charge in [0.2, 0.25) is 0 Å². The zero-order valence-electron chi connectivity index (χ0n) is 9.55. The van der Waals surface area contributed by atoms with Crippen LogP contribution in [0.2, 0.25) is 0 Å². The summed E-state index contributed by atoms with van der Waals surface area (Å²) in [6.07, 6.45) is -0.123. The van der Waals surface area contributed by atoms with Crippen LogP contribution in [0.5, 0.6) is 0 Å². The summed E-state index contributed by atoms with van der Waals surface area (Å²) in [5.74, 6) is -1.06. The van der Waals surface area contributed by atoms with Gasteiger partial charge in [0.25, 0.3) is 0 Å². The van der Waals surface area contributed by atoms with Gasteiger partial charge in [-0.2, -0.15) is 0 Å². The van der Waals surface area contributed by atoms with Crippen LogP contribution in [0.15, 0.2) is 0 Å². The fourth-order valence-electron chi connectivity index (χ4n) is 2.04. The molecule has 0 aliphatic carbocycles. The smallest absolute Gasteiger partial charge is 0.320 e. The van der Waals surface area contributed by atoms with E-state index in [0.717, 1.165) is 0 Å². The number of nitrogens with zero attached hydrogens (tertiary/aromatic N) is 1. The van der Waals surface area contributed by atoms with E-state index in [1.807, 2.05) is 0 Å². The van der Waals surface area contributed by atoms with Gasteiger partial charge in [0, 0.05) is 6.54 Å². The maximum atomic E-state index is 11.6. The minimum atomic E-state index is -1.06. The third-order valence-electron chi connectivity index (χ3n) is 2.99. The number of carbonyl (C=O) groups is 3. The number of nitrogens with one attached hydrogen (secondary N) is 3. The van der Waals surface area contributed by atoms with Crippen molar-refractivity contribution in [1.82, 2.24) is 20.9 Å². The van der Waals surface area contributed by atoms with Crippen molar-refractivity contribution in [3.05, 3.63) is 0 Å². The van der Waals surface area contributed by atoms with Crippen molar-refractivity contribution in [2.45, 2.75) is 31.2 Å². The Labute approximate surface area is 103 Å². The molecular weight excluding hydrogens is 242 g/mol. The van der Waals surface area contributed by atoms with Crippen molar-refractivity contribution in [2.24, 2.45) is 5.73 Å². The van der Waals surface area contributed by atoms with Crippen molar-refractivity contribution in [3.63, 3.8) is 0 Å². The highest BCUT2D eigenvalue weighted by molar-refractivity contribution is 5.84. The number of amides is 4. The molecule has 2 fully saturated rings. The lowest BCUT2D eigenvalue weighted by molar-refractivity contribution is -0.138. The fourth-order valence-corrected chi connectivity index (χ4v) is 2.04. The molecule has 0 aromatic carbocycles. The maximum absolute atomic E-state index is 11.6. The molecule has 0 aromatic rings. The molecule has 9 heteroatoms. The lowest BCUT2D eigenvalue weighted by Gasteiger charge is -2.21. The predicted molar refractivity (Wildman–Crippen MR) is 59.3 cm³/mol. The van der Waals surface area contributed by atoms with Crippen LogP contribution in [0.3, 0.4) is 0 Å². The van der Waals surface area contributed by atoms with E-state index in [1.165, 1.54) is 4.90 Å². The third-order valence-corrected chi connectivity index (χ3v) is 2.99. The second-order valence-electron chi connectivity index (χ2n) is 4.27. The van der Waals surface area contributed by atoms with E-state index in [-0.39, 0.29) is 18.5 Å². The monoisotopic (exact) mass is 257 g/mol. The van der Waals surface area contributed by atoms with E-state index in [9.17, 15) is 14.4 Å². The first-order valence-corrected chi connectivity index (χ1v) is 5.61. The van der Waals surface area contributed by atoms with Crippen LogP contribution < -0.4 is 21.7 Å². The molecule has 100 valence electrons. The number of carboxylic acids is 1. The van der Waals surface area contributed by atoms with Gasteiger partial charge in [-0.3, -0.25) is 4.79 Å². The van der Waals surface area contributed by atoms with Crippen LogP contribution in [0, 0.1) is 0 Å². The topological polar surface area (TPSA) is 137 Å². The molecule has 4 amide bonds. The lowest BCUT2D eigenvalue weighted by atomic mass is 10.1. The number of carbonyl (C=O) groups excluding carboxylic acids is 2. The van der Waals surface area contributed by atoms with Gasteiger partial charge >= 0.3 is 18.0 Å². The molecule has 9 nitrogen and oxygen atoms in total. The molecule has 2 aliphatic rings. The third kappa shape index (κ3) is 2.30. The zero-order chi connectivity index (χ0) is 13.3. The van der Waals surface area contributed by atoms with Gasteiger partial charge in [0.05, 0.1) is 0 Å². The molecule has 3 atom stereocenters. The predicted octanol–water partition coefficient (Wildman–Crippen LogP) is -1.83. The lowest BCUT2D eigenvalue weighted by Crippen LogP contribution is -2.44. The molecule has 0 spiro atoms. The van der Waals surface area contributed by atoms with Crippen LogP contribution >= 0.6 is 0 Å². The summed E-state index contributed by atoms with van der Waals surface area (Å²) in [5.41, 5.74) is 5.36. The summed E-state index contributed by atoms with van der Waals surface area (Å²) in [4.78, 5) is 34.6. The van der Waals surface area contributed by atoms with E-state index >= 15 is 0 Å². The van der Waals surface area contributed by atoms with Gasteiger partial charge in [-0.15, -0.1) is 0 Å². The fraction of sp³-hybridized carbons (Fsp3) is 0.667.